The van der Waals surface area contributed by atoms with Crippen molar-refractivity contribution in [1.29, 1.82) is 0 Å². The van der Waals surface area contributed by atoms with E-state index in [1.807, 2.05) is 0 Å². The molecule has 0 spiro atoms. The Morgan fingerprint density at radius 3 is 2.41 bits per heavy atom. The molecule has 0 aliphatic carbocycles. The molecule has 1 aliphatic heterocycles. The fourth-order valence-electron chi connectivity index (χ4n) is 4.14. The van der Waals surface area contributed by atoms with Crippen LogP contribution in [0.3, 0.4) is 0 Å². The van der Waals surface area contributed by atoms with Gasteiger partial charge in [0.05, 0.1) is 0 Å². The van der Waals surface area contributed by atoms with Crippen LogP contribution < -0.4 is 5.32 Å². The quantitative estimate of drug-likeness (QED) is 0.600. The van der Waals surface area contributed by atoms with E-state index in [1.54, 1.807) is 0 Å². The van der Waals surface area contributed by atoms with Gasteiger partial charge in [-0.2, -0.15) is 0 Å². The predicted molar refractivity (Wildman–Crippen MR) is 128 cm³/mol. The number of fused-ring (bicyclic) bond motifs is 1. The highest BCUT2D eigenvalue weighted by Crippen LogP contribution is 2.24. The molecule has 0 bridgehead atoms. The second-order valence-corrected chi connectivity index (χ2v) is 8.48. The highest BCUT2D eigenvalue weighted by molar-refractivity contribution is 7.80. The summed E-state index contributed by atoms with van der Waals surface area (Å²) in [4.78, 5) is 4.84. The fraction of sp³-hybridized carbons (Fsp3) is 0.320. The molecule has 4 heteroatoms. The van der Waals surface area contributed by atoms with Gasteiger partial charge in [0, 0.05) is 38.4 Å². The zero-order valence-corrected chi connectivity index (χ0v) is 18.4. The molecule has 0 amide bonds. The zero-order chi connectivity index (χ0) is 20.4. The third-order valence-corrected chi connectivity index (χ3v) is 6.30. The molecule has 1 heterocycles. The van der Waals surface area contributed by atoms with Gasteiger partial charge in [-0.15, -0.1) is 0 Å². The van der Waals surface area contributed by atoms with Crippen molar-refractivity contribution in [2.75, 3.05) is 31.5 Å². The first kappa shape index (κ1) is 19.9. The summed E-state index contributed by atoms with van der Waals surface area (Å²) in [5.41, 5.74) is 6.44. The number of hydrogen-bond donors (Lipinski definition) is 1. The summed E-state index contributed by atoms with van der Waals surface area (Å²) in [6.45, 7) is 11.4. The summed E-state index contributed by atoms with van der Waals surface area (Å²) in [5, 5.41) is 6.98. The monoisotopic (exact) mass is 403 g/mol. The number of anilines is 1. The van der Waals surface area contributed by atoms with Crippen LogP contribution in [-0.2, 0) is 6.54 Å². The SMILES string of the molecule is Cc1ccc(NC(=S)N2CCN(Cc3c(C)ccc4ccccc34)CC2)c(C)c1. The van der Waals surface area contributed by atoms with E-state index in [-0.39, 0.29) is 0 Å². The summed E-state index contributed by atoms with van der Waals surface area (Å²) >= 11 is 5.70. The number of benzene rings is 3. The average molecular weight is 404 g/mol. The molecule has 4 rings (SSSR count). The Morgan fingerprint density at radius 2 is 1.66 bits per heavy atom. The molecule has 1 N–H and O–H groups in total. The van der Waals surface area contributed by atoms with E-state index in [2.05, 4.69) is 90.5 Å². The zero-order valence-electron chi connectivity index (χ0n) is 17.5. The predicted octanol–water partition coefficient (Wildman–Crippen LogP) is 5.28. The Kier molecular flexibility index (Phi) is 5.84. The molecule has 0 radical (unpaired) electrons. The Morgan fingerprint density at radius 1 is 0.897 bits per heavy atom. The van der Waals surface area contributed by atoms with E-state index in [4.69, 9.17) is 12.2 Å². The lowest BCUT2D eigenvalue weighted by atomic mass is 9.99. The van der Waals surface area contributed by atoms with Gasteiger partial charge in [-0.05, 0) is 66.5 Å². The van der Waals surface area contributed by atoms with Gasteiger partial charge in [-0.3, -0.25) is 4.90 Å². The van der Waals surface area contributed by atoms with Crippen molar-refractivity contribution in [3.05, 3.63) is 76.9 Å². The number of nitrogens with zero attached hydrogens (tertiary/aromatic N) is 2. The normalized spacial score (nSPS) is 14.9. The second kappa shape index (κ2) is 8.52. The summed E-state index contributed by atoms with van der Waals surface area (Å²) < 4.78 is 0. The molecular weight excluding hydrogens is 374 g/mol. The maximum Gasteiger partial charge on any atom is 0.173 e. The number of hydrogen-bond acceptors (Lipinski definition) is 2. The Labute approximate surface area is 179 Å². The van der Waals surface area contributed by atoms with Crippen molar-refractivity contribution >= 4 is 33.8 Å². The van der Waals surface area contributed by atoms with Crippen LogP contribution in [0.5, 0.6) is 0 Å². The van der Waals surface area contributed by atoms with Crippen LogP contribution in [0.4, 0.5) is 5.69 Å². The van der Waals surface area contributed by atoms with Crippen LogP contribution in [0.2, 0.25) is 0 Å². The maximum atomic E-state index is 5.70. The summed E-state index contributed by atoms with van der Waals surface area (Å²) in [6.07, 6.45) is 0. The van der Waals surface area contributed by atoms with Gasteiger partial charge in [-0.1, -0.05) is 54.1 Å². The van der Waals surface area contributed by atoms with Crippen LogP contribution >= 0.6 is 12.2 Å². The first-order valence-electron chi connectivity index (χ1n) is 10.3. The van der Waals surface area contributed by atoms with Gasteiger partial charge in [0.15, 0.2) is 5.11 Å². The molecule has 3 aromatic rings. The third kappa shape index (κ3) is 4.44. The van der Waals surface area contributed by atoms with Crippen molar-refractivity contribution in [3.63, 3.8) is 0 Å². The maximum absolute atomic E-state index is 5.70. The van der Waals surface area contributed by atoms with Crippen molar-refractivity contribution in [2.24, 2.45) is 0 Å². The number of nitrogens with one attached hydrogen (secondary N) is 1. The number of aryl methyl sites for hydroxylation is 3. The first-order chi connectivity index (χ1) is 14.0. The average Bonchev–Trinajstić information content (AvgIpc) is 2.72. The van der Waals surface area contributed by atoms with Gasteiger partial charge in [-0.25, -0.2) is 0 Å². The van der Waals surface area contributed by atoms with E-state index in [0.29, 0.717) is 0 Å². The minimum absolute atomic E-state index is 0.831. The lowest BCUT2D eigenvalue weighted by molar-refractivity contribution is 0.177. The summed E-state index contributed by atoms with van der Waals surface area (Å²) in [7, 11) is 0. The van der Waals surface area contributed by atoms with Crippen molar-refractivity contribution < 1.29 is 0 Å². The number of piperazine rings is 1. The van der Waals surface area contributed by atoms with Crippen molar-refractivity contribution in [3.8, 4) is 0 Å². The van der Waals surface area contributed by atoms with Crippen molar-refractivity contribution in [1.82, 2.24) is 9.80 Å². The largest absolute Gasteiger partial charge is 0.346 e. The molecule has 0 saturated carbocycles. The summed E-state index contributed by atoms with van der Waals surface area (Å²) in [5.74, 6) is 0. The molecule has 0 atom stereocenters. The molecule has 0 unspecified atom stereocenters. The van der Waals surface area contributed by atoms with Gasteiger partial charge >= 0.3 is 0 Å². The molecule has 1 saturated heterocycles. The van der Waals surface area contributed by atoms with E-state index >= 15 is 0 Å². The summed E-state index contributed by atoms with van der Waals surface area (Å²) in [6, 6.07) is 19.6. The van der Waals surface area contributed by atoms with Crippen LogP contribution in [-0.4, -0.2) is 41.1 Å². The van der Waals surface area contributed by atoms with Gasteiger partial charge in [0.2, 0.25) is 0 Å². The van der Waals surface area contributed by atoms with Gasteiger partial charge in [0.25, 0.3) is 0 Å². The molecule has 150 valence electrons. The lowest BCUT2D eigenvalue weighted by Crippen LogP contribution is -2.49. The Hall–Kier alpha value is -2.43. The standard InChI is InChI=1S/C25H29N3S/c1-18-8-11-24(20(3)16-18)26-25(29)28-14-12-27(13-15-28)17-23-19(2)9-10-21-6-4-5-7-22(21)23/h4-11,16H,12-15,17H2,1-3H3,(H,26,29). The van der Waals surface area contributed by atoms with E-state index in [9.17, 15) is 0 Å². The van der Waals surface area contributed by atoms with Crippen LogP contribution in [0, 0.1) is 20.8 Å². The second-order valence-electron chi connectivity index (χ2n) is 8.09. The van der Waals surface area contributed by atoms with Crippen molar-refractivity contribution in [2.45, 2.75) is 27.3 Å². The highest BCUT2D eigenvalue weighted by Gasteiger charge is 2.20. The fourth-order valence-corrected chi connectivity index (χ4v) is 4.43. The van der Waals surface area contributed by atoms with Crippen LogP contribution in [0.25, 0.3) is 10.8 Å². The van der Waals surface area contributed by atoms with E-state index in [1.165, 1.54) is 33.0 Å². The topological polar surface area (TPSA) is 18.5 Å². The lowest BCUT2D eigenvalue weighted by Gasteiger charge is -2.36. The molecule has 3 nitrogen and oxygen atoms in total. The Bertz CT molecular complexity index is 1040. The van der Waals surface area contributed by atoms with E-state index < -0.39 is 0 Å². The molecule has 1 fully saturated rings. The molecule has 29 heavy (non-hydrogen) atoms. The van der Waals surface area contributed by atoms with Gasteiger partial charge in [0.1, 0.15) is 0 Å². The van der Waals surface area contributed by atoms with Crippen LogP contribution in [0.15, 0.2) is 54.6 Å². The van der Waals surface area contributed by atoms with Gasteiger partial charge < -0.3 is 10.2 Å². The first-order valence-corrected chi connectivity index (χ1v) is 10.7. The molecule has 3 aromatic carbocycles. The number of rotatable bonds is 3. The highest BCUT2D eigenvalue weighted by atomic mass is 32.1. The molecule has 0 aromatic heterocycles. The van der Waals surface area contributed by atoms with Crippen LogP contribution in [0.1, 0.15) is 22.3 Å². The van der Waals surface area contributed by atoms with E-state index in [0.717, 1.165) is 43.5 Å². The molecule has 1 aliphatic rings. The molecular formula is C25H29N3S. The minimum Gasteiger partial charge on any atom is -0.346 e. The smallest absolute Gasteiger partial charge is 0.173 e. The number of thiocarbonyl (C=S) groups is 1. The third-order valence-electron chi connectivity index (χ3n) is 5.94. The minimum atomic E-state index is 0.831. The Balaban J connectivity index is 1.39.